The average Bonchev–Trinajstić information content (AvgIpc) is 2.82. The Labute approximate surface area is 123 Å². The molecule has 6 nitrogen and oxygen atoms in total. The summed E-state index contributed by atoms with van der Waals surface area (Å²) in [6, 6.07) is 5.47. The van der Waals surface area contributed by atoms with Crippen LogP contribution in [0, 0.1) is 5.92 Å². The van der Waals surface area contributed by atoms with E-state index in [9.17, 15) is 9.59 Å². The first kappa shape index (κ1) is 15.2. The van der Waals surface area contributed by atoms with E-state index in [-0.39, 0.29) is 18.9 Å². The third-order valence-electron chi connectivity index (χ3n) is 3.47. The Kier molecular flexibility index (Phi) is 4.67. The van der Waals surface area contributed by atoms with Gasteiger partial charge in [0.25, 0.3) is 0 Å². The second kappa shape index (κ2) is 6.47. The number of amides is 1. The number of benzene rings is 1. The number of carbonyl (C=O) groups is 2. The lowest BCUT2D eigenvalue weighted by atomic mass is 10.1. The van der Waals surface area contributed by atoms with Crippen LogP contribution in [0.25, 0.3) is 0 Å². The summed E-state index contributed by atoms with van der Waals surface area (Å²) in [5, 5.41) is 8.98. The van der Waals surface area contributed by atoms with Crippen LogP contribution in [-0.4, -0.2) is 42.1 Å². The normalized spacial score (nSPS) is 17.9. The minimum atomic E-state index is -0.921. The third kappa shape index (κ3) is 3.45. The van der Waals surface area contributed by atoms with E-state index in [0.29, 0.717) is 24.7 Å². The molecule has 1 fully saturated rings. The standard InChI is InChI=1S/C15H19NO5/c1-3-21-12-5-4-10(6-13(12)20-2)8-16-9-11(15(18)19)7-14(16)17/h4-6,11H,3,7-9H2,1-2H3,(H,18,19)/t11-/m1/s1. The number of hydrogen-bond acceptors (Lipinski definition) is 4. The van der Waals surface area contributed by atoms with Crippen LogP contribution in [0.1, 0.15) is 18.9 Å². The molecule has 1 N–H and O–H groups in total. The van der Waals surface area contributed by atoms with Gasteiger partial charge in [0.15, 0.2) is 11.5 Å². The van der Waals surface area contributed by atoms with Gasteiger partial charge in [-0.25, -0.2) is 0 Å². The van der Waals surface area contributed by atoms with E-state index in [4.69, 9.17) is 14.6 Å². The lowest BCUT2D eigenvalue weighted by Crippen LogP contribution is -2.25. The Morgan fingerprint density at radius 2 is 2.19 bits per heavy atom. The number of methoxy groups -OCH3 is 1. The Bertz CT molecular complexity index is 543. The van der Waals surface area contributed by atoms with Crippen molar-refractivity contribution in [1.82, 2.24) is 4.90 Å². The monoisotopic (exact) mass is 293 g/mol. The van der Waals surface area contributed by atoms with Crippen molar-refractivity contribution in [3.05, 3.63) is 23.8 Å². The predicted octanol–water partition coefficient (Wildman–Crippen LogP) is 1.53. The van der Waals surface area contributed by atoms with Gasteiger partial charge in [-0.3, -0.25) is 9.59 Å². The van der Waals surface area contributed by atoms with Gasteiger partial charge in [0.05, 0.1) is 19.6 Å². The zero-order chi connectivity index (χ0) is 15.4. The number of rotatable bonds is 6. The van der Waals surface area contributed by atoms with E-state index in [1.165, 1.54) is 0 Å². The summed E-state index contributed by atoms with van der Waals surface area (Å²) in [6.07, 6.45) is 0.0729. The largest absolute Gasteiger partial charge is 0.493 e. The van der Waals surface area contributed by atoms with E-state index in [1.54, 1.807) is 18.1 Å². The van der Waals surface area contributed by atoms with Gasteiger partial charge in [-0.2, -0.15) is 0 Å². The molecule has 1 aromatic rings. The molecule has 21 heavy (non-hydrogen) atoms. The minimum absolute atomic E-state index is 0.0729. The molecule has 1 aliphatic heterocycles. The van der Waals surface area contributed by atoms with Gasteiger partial charge in [0, 0.05) is 19.5 Å². The van der Waals surface area contributed by atoms with Crippen molar-refractivity contribution in [1.29, 1.82) is 0 Å². The van der Waals surface area contributed by atoms with Crippen LogP contribution in [-0.2, 0) is 16.1 Å². The second-order valence-electron chi connectivity index (χ2n) is 4.93. The van der Waals surface area contributed by atoms with Gasteiger partial charge in [-0.1, -0.05) is 6.07 Å². The van der Waals surface area contributed by atoms with E-state index < -0.39 is 11.9 Å². The molecule has 0 saturated carbocycles. The third-order valence-corrected chi connectivity index (χ3v) is 3.47. The molecule has 2 rings (SSSR count). The topological polar surface area (TPSA) is 76.1 Å². The van der Waals surface area contributed by atoms with Crippen molar-refractivity contribution in [3.8, 4) is 11.5 Å². The number of carbonyl (C=O) groups excluding carboxylic acids is 1. The Morgan fingerprint density at radius 1 is 1.43 bits per heavy atom. The fraction of sp³-hybridized carbons (Fsp3) is 0.467. The molecular weight excluding hydrogens is 274 g/mol. The number of hydrogen-bond donors (Lipinski definition) is 1. The van der Waals surface area contributed by atoms with Crippen LogP contribution in [0.5, 0.6) is 11.5 Å². The van der Waals surface area contributed by atoms with Crippen LogP contribution < -0.4 is 9.47 Å². The van der Waals surface area contributed by atoms with E-state index in [0.717, 1.165) is 5.56 Å². The van der Waals surface area contributed by atoms with E-state index in [1.807, 2.05) is 19.1 Å². The zero-order valence-electron chi connectivity index (χ0n) is 12.2. The summed E-state index contributed by atoms with van der Waals surface area (Å²) in [4.78, 5) is 24.3. The van der Waals surface area contributed by atoms with Crippen molar-refractivity contribution in [3.63, 3.8) is 0 Å². The SMILES string of the molecule is CCOc1ccc(CN2C[C@H](C(=O)O)CC2=O)cc1OC. The second-order valence-corrected chi connectivity index (χ2v) is 4.93. The summed E-state index contributed by atoms with van der Waals surface area (Å²) in [7, 11) is 1.56. The van der Waals surface area contributed by atoms with Gasteiger partial charge in [-0.15, -0.1) is 0 Å². The number of nitrogens with zero attached hydrogens (tertiary/aromatic N) is 1. The summed E-state index contributed by atoms with van der Waals surface area (Å²) < 4.78 is 10.7. The highest BCUT2D eigenvalue weighted by molar-refractivity contribution is 5.86. The predicted molar refractivity (Wildman–Crippen MR) is 75.3 cm³/mol. The fourth-order valence-corrected chi connectivity index (χ4v) is 2.40. The Balaban J connectivity index is 2.09. The Hall–Kier alpha value is -2.24. The Morgan fingerprint density at radius 3 is 2.76 bits per heavy atom. The minimum Gasteiger partial charge on any atom is -0.493 e. The first-order valence-electron chi connectivity index (χ1n) is 6.85. The van der Waals surface area contributed by atoms with Crippen LogP contribution in [0.15, 0.2) is 18.2 Å². The van der Waals surface area contributed by atoms with Crippen molar-refractivity contribution in [2.24, 2.45) is 5.92 Å². The molecule has 1 heterocycles. The zero-order valence-corrected chi connectivity index (χ0v) is 12.2. The molecule has 1 atom stereocenters. The molecule has 6 heteroatoms. The molecule has 1 amide bonds. The highest BCUT2D eigenvalue weighted by Gasteiger charge is 2.34. The highest BCUT2D eigenvalue weighted by atomic mass is 16.5. The molecule has 0 spiro atoms. The summed E-state index contributed by atoms with van der Waals surface area (Å²) in [6.45, 7) is 3.07. The van der Waals surface area contributed by atoms with Gasteiger partial charge in [0.2, 0.25) is 5.91 Å². The molecular formula is C15H19NO5. The summed E-state index contributed by atoms with van der Waals surface area (Å²) in [5.74, 6) is -0.400. The van der Waals surface area contributed by atoms with Gasteiger partial charge in [-0.05, 0) is 24.6 Å². The maximum atomic E-state index is 11.8. The summed E-state index contributed by atoms with van der Waals surface area (Å²) >= 11 is 0. The molecule has 114 valence electrons. The van der Waals surface area contributed by atoms with Crippen LogP contribution in [0.2, 0.25) is 0 Å². The highest BCUT2D eigenvalue weighted by Crippen LogP contribution is 2.29. The molecule has 0 radical (unpaired) electrons. The molecule has 0 aromatic heterocycles. The van der Waals surface area contributed by atoms with Crippen molar-refractivity contribution in [2.45, 2.75) is 19.9 Å². The number of likely N-dealkylation sites (tertiary alicyclic amines) is 1. The quantitative estimate of drug-likeness (QED) is 0.860. The van der Waals surface area contributed by atoms with Crippen LogP contribution in [0.3, 0.4) is 0 Å². The van der Waals surface area contributed by atoms with Crippen LogP contribution in [0.4, 0.5) is 0 Å². The first-order valence-corrected chi connectivity index (χ1v) is 6.85. The van der Waals surface area contributed by atoms with Gasteiger partial charge < -0.3 is 19.5 Å². The summed E-state index contributed by atoms with van der Waals surface area (Å²) in [5.41, 5.74) is 0.884. The number of carboxylic acid groups (broad SMARTS) is 1. The molecule has 0 unspecified atom stereocenters. The average molecular weight is 293 g/mol. The molecule has 0 bridgehead atoms. The first-order chi connectivity index (χ1) is 10.0. The smallest absolute Gasteiger partial charge is 0.308 e. The molecule has 0 aliphatic carbocycles. The lowest BCUT2D eigenvalue weighted by molar-refractivity contribution is -0.141. The maximum absolute atomic E-state index is 11.8. The molecule has 1 saturated heterocycles. The van der Waals surface area contributed by atoms with Gasteiger partial charge in [0.1, 0.15) is 0 Å². The van der Waals surface area contributed by atoms with Crippen molar-refractivity contribution < 1.29 is 24.2 Å². The number of aliphatic carboxylic acids is 1. The van der Waals surface area contributed by atoms with Crippen molar-refractivity contribution >= 4 is 11.9 Å². The fourth-order valence-electron chi connectivity index (χ4n) is 2.40. The molecule has 1 aromatic carbocycles. The van der Waals surface area contributed by atoms with Crippen LogP contribution >= 0.6 is 0 Å². The van der Waals surface area contributed by atoms with E-state index in [2.05, 4.69) is 0 Å². The van der Waals surface area contributed by atoms with E-state index >= 15 is 0 Å². The number of ether oxygens (including phenoxy) is 2. The van der Waals surface area contributed by atoms with Crippen molar-refractivity contribution in [2.75, 3.05) is 20.3 Å². The van der Waals surface area contributed by atoms with Gasteiger partial charge >= 0.3 is 5.97 Å². The number of carboxylic acids is 1. The maximum Gasteiger partial charge on any atom is 0.308 e. The lowest BCUT2D eigenvalue weighted by Gasteiger charge is -2.17. The molecule has 1 aliphatic rings.